The highest BCUT2D eigenvalue weighted by molar-refractivity contribution is 6.37. The van der Waals surface area contributed by atoms with E-state index in [1.165, 1.54) is 0 Å². The normalized spacial score (nSPS) is 10.6. The fraction of sp³-hybridized carbons (Fsp3) is 0.308. The van der Waals surface area contributed by atoms with Crippen molar-refractivity contribution in [3.05, 3.63) is 39.8 Å². The van der Waals surface area contributed by atoms with Crippen molar-refractivity contribution in [2.75, 3.05) is 24.3 Å². The van der Waals surface area contributed by atoms with Crippen LogP contribution in [-0.2, 0) is 6.54 Å². The zero-order valence-corrected chi connectivity index (χ0v) is 12.5. The maximum absolute atomic E-state index is 6.19. The quantitative estimate of drug-likeness (QED) is 0.927. The second-order valence-corrected chi connectivity index (χ2v) is 5.05. The topological polar surface area (TPSA) is 41.3 Å². The number of hydrogen-bond acceptors (Lipinski definition) is 4. The molecule has 0 saturated heterocycles. The third-order valence-electron chi connectivity index (χ3n) is 2.88. The summed E-state index contributed by atoms with van der Waals surface area (Å²) in [5.74, 6) is 2.18. The van der Waals surface area contributed by atoms with Crippen LogP contribution in [0.3, 0.4) is 0 Å². The maximum Gasteiger partial charge on any atom is 0.149 e. The number of nitrogens with one attached hydrogen (secondary N) is 1. The number of halogens is 2. The van der Waals surface area contributed by atoms with E-state index in [1.807, 2.05) is 24.9 Å². The van der Waals surface area contributed by atoms with Gasteiger partial charge in [-0.1, -0.05) is 23.2 Å². The molecule has 19 heavy (non-hydrogen) atoms. The summed E-state index contributed by atoms with van der Waals surface area (Å²) in [5, 5.41) is 3.97. The number of rotatable bonds is 4. The summed E-state index contributed by atoms with van der Waals surface area (Å²) in [5.41, 5.74) is 1.10. The van der Waals surface area contributed by atoms with Crippen molar-refractivity contribution in [2.45, 2.75) is 13.5 Å². The van der Waals surface area contributed by atoms with E-state index < -0.39 is 0 Å². The number of anilines is 2. The summed E-state index contributed by atoms with van der Waals surface area (Å²) in [6.45, 7) is 2.60. The minimum atomic E-state index is 0.504. The first kappa shape index (κ1) is 14.0. The monoisotopic (exact) mass is 299 g/mol. The largest absolute Gasteiger partial charge is 0.469 e. The number of hydrogen-bond donors (Lipinski definition) is 1. The number of pyridine rings is 1. The molecule has 0 radical (unpaired) electrons. The summed E-state index contributed by atoms with van der Waals surface area (Å²) in [4.78, 5) is 6.38. The number of aromatic nitrogens is 1. The van der Waals surface area contributed by atoms with Gasteiger partial charge in [-0.3, -0.25) is 0 Å². The molecule has 0 amide bonds. The van der Waals surface area contributed by atoms with Crippen molar-refractivity contribution >= 4 is 34.8 Å². The first-order valence-electron chi connectivity index (χ1n) is 5.80. The first-order chi connectivity index (χ1) is 9.02. The van der Waals surface area contributed by atoms with Gasteiger partial charge in [-0.2, -0.15) is 0 Å². The molecule has 1 N–H and O–H groups in total. The lowest BCUT2D eigenvalue weighted by atomic mass is 10.2. The summed E-state index contributed by atoms with van der Waals surface area (Å²) in [6.07, 6.45) is 1.68. The Balaban J connectivity index is 2.28. The van der Waals surface area contributed by atoms with E-state index >= 15 is 0 Å². The van der Waals surface area contributed by atoms with Gasteiger partial charge in [0.1, 0.15) is 17.4 Å². The first-order valence-corrected chi connectivity index (χ1v) is 6.56. The Hall–Kier alpha value is -1.39. The van der Waals surface area contributed by atoms with Gasteiger partial charge in [0.25, 0.3) is 0 Å². The van der Waals surface area contributed by atoms with Crippen LogP contribution in [0.4, 0.5) is 11.6 Å². The van der Waals surface area contributed by atoms with E-state index in [0.29, 0.717) is 28.2 Å². The SMILES string of the molecule is CNc1nc(N(C)Cc2ccoc2C)c(Cl)cc1Cl. The molecule has 0 aliphatic rings. The molecular weight excluding hydrogens is 285 g/mol. The van der Waals surface area contributed by atoms with Gasteiger partial charge >= 0.3 is 0 Å². The summed E-state index contributed by atoms with van der Waals surface area (Å²) in [6, 6.07) is 3.63. The molecule has 0 aliphatic carbocycles. The van der Waals surface area contributed by atoms with Crippen LogP contribution in [0, 0.1) is 6.92 Å². The summed E-state index contributed by atoms with van der Waals surface area (Å²) in [7, 11) is 3.69. The van der Waals surface area contributed by atoms with Crippen LogP contribution in [0.5, 0.6) is 0 Å². The highest BCUT2D eigenvalue weighted by Gasteiger charge is 2.14. The van der Waals surface area contributed by atoms with E-state index in [-0.39, 0.29) is 0 Å². The third-order valence-corrected chi connectivity index (χ3v) is 3.45. The molecule has 4 nitrogen and oxygen atoms in total. The van der Waals surface area contributed by atoms with Crippen molar-refractivity contribution in [2.24, 2.45) is 0 Å². The Morgan fingerprint density at radius 2 is 2.11 bits per heavy atom. The minimum absolute atomic E-state index is 0.504. The van der Waals surface area contributed by atoms with Gasteiger partial charge in [0.2, 0.25) is 0 Å². The highest BCUT2D eigenvalue weighted by atomic mass is 35.5. The number of aryl methyl sites for hydroxylation is 1. The van der Waals surface area contributed by atoms with Crippen molar-refractivity contribution < 1.29 is 4.42 Å². The zero-order valence-electron chi connectivity index (χ0n) is 11.0. The molecule has 0 saturated carbocycles. The molecule has 0 fully saturated rings. The lowest BCUT2D eigenvalue weighted by Crippen LogP contribution is -2.18. The molecule has 2 heterocycles. The van der Waals surface area contributed by atoms with Crippen molar-refractivity contribution in [3.8, 4) is 0 Å². The Morgan fingerprint density at radius 3 is 2.68 bits per heavy atom. The second-order valence-electron chi connectivity index (χ2n) is 4.23. The maximum atomic E-state index is 6.19. The lowest BCUT2D eigenvalue weighted by molar-refractivity contribution is 0.529. The van der Waals surface area contributed by atoms with E-state index in [2.05, 4.69) is 10.3 Å². The van der Waals surface area contributed by atoms with Gasteiger partial charge in [0.05, 0.1) is 16.3 Å². The molecule has 0 atom stereocenters. The van der Waals surface area contributed by atoms with Crippen LogP contribution in [-0.4, -0.2) is 19.1 Å². The zero-order chi connectivity index (χ0) is 14.0. The third kappa shape index (κ3) is 2.96. The van der Waals surface area contributed by atoms with Crippen LogP contribution in [0.2, 0.25) is 10.0 Å². The van der Waals surface area contributed by atoms with E-state index in [1.54, 1.807) is 19.4 Å². The van der Waals surface area contributed by atoms with Gasteiger partial charge in [-0.25, -0.2) is 4.98 Å². The van der Waals surface area contributed by atoms with Gasteiger partial charge in [-0.15, -0.1) is 0 Å². The molecule has 0 aromatic carbocycles. The molecule has 0 unspecified atom stereocenters. The van der Waals surface area contributed by atoms with Crippen molar-refractivity contribution in [3.63, 3.8) is 0 Å². The smallest absolute Gasteiger partial charge is 0.149 e. The molecule has 0 aliphatic heterocycles. The molecular formula is C13H15Cl2N3O. The summed E-state index contributed by atoms with van der Waals surface area (Å²) < 4.78 is 5.28. The number of furan rings is 1. The van der Waals surface area contributed by atoms with Gasteiger partial charge in [0, 0.05) is 26.2 Å². The molecule has 102 valence electrons. The van der Waals surface area contributed by atoms with Crippen LogP contribution >= 0.6 is 23.2 Å². The van der Waals surface area contributed by atoms with Gasteiger partial charge in [0.15, 0.2) is 0 Å². The minimum Gasteiger partial charge on any atom is -0.469 e. The molecule has 2 aromatic heterocycles. The predicted molar refractivity (Wildman–Crippen MR) is 79.4 cm³/mol. The van der Waals surface area contributed by atoms with Gasteiger partial charge < -0.3 is 14.6 Å². The van der Waals surface area contributed by atoms with Crippen molar-refractivity contribution in [1.29, 1.82) is 0 Å². The van der Waals surface area contributed by atoms with Gasteiger partial charge in [-0.05, 0) is 19.1 Å². The Morgan fingerprint density at radius 1 is 1.37 bits per heavy atom. The molecule has 0 bridgehead atoms. The second kappa shape index (κ2) is 5.72. The number of nitrogens with zero attached hydrogens (tertiary/aromatic N) is 2. The van der Waals surface area contributed by atoms with Crippen LogP contribution in [0.1, 0.15) is 11.3 Å². The molecule has 2 aromatic rings. The lowest BCUT2D eigenvalue weighted by Gasteiger charge is -2.20. The van der Waals surface area contributed by atoms with E-state index in [9.17, 15) is 0 Å². The molecule has 0 spiro atoms. The predicted octanol–water partition coefficient (Wildman–Crippen LogP) is 3.97. The highest BCUT2D eigenvalue weighted by Crippen LogP contribution is 2.31. The van der Waals surface area contributed by atoms with E-state index in [4.69, 9.17) is 27.6 Å². The molecule has 2 rings (SSSR count). The Kier molecular flexibility index (Phi) is 4.22. The average Bonchev–Trinajstić information content (AvgIpc) is 2.75. The average molecular weight is 300 g/mol. The van der Waals surface area contributed by atoms with Crippen molar-refractivity contribution in [1.82, 2.24) is 4.98 Å². The Bertz CT molecular complexity index is 583. The standard InChI is InChI=1S/C13H15Cl2N3O/c1-8-9(4-5-19-8)7-18(3)13-11(15)6-10(14)12(16-2)17-13/h4-6H,7H2,1-3H3,(H,16,17). The fourth-order valence-electron chi connectivity index (χ4n) is 1.81. The molecule has 6 heteroatoms. The Labute approximate surface area is 122 Å². The van der Waals surface area contributed by atoms with Crippen LogP contribution in [0.15, 0.2) is 22.8 Å². The fourth-order valence-corrected chi connectivity index (χ4v) is 2.40. The summed E-state index contributed by atoms with van der Waals surface area (Å²) >= 11 is 12.2. The van der Waals surface area contributed by atoms with Crippen LogP contribution in [0.25, 0.3) is 0 Å². The van der Waals surface area contributed by atoms with E-state index in [0.717, 1.165) is 11.3 Å². The van der Waals surface area contributed by atoms with Crippen LogP contribution < -0.4 is 10.2 Å².